The number of aromatic nitrogens is 2. The molecule has 2 aromatic carbocycles. The predicted octanol–water partition coefficient (Wildman–Crippen LogP) is 3.40. The van der Waals surface area contributed by atoms with Gasteiger partial charge in [0.25, 0.3) is 0 Å². The van der Waals surface area contributed by atoms with Crippen LogP contribution in [-0.2, 0) is 13.0 Å². The molecule has 0 fully saturated rings. The highest BCUT2D eigenvalue weighted by Gasteiger charge is 2.06. The third-order valence-electron chi connectivity index (χ3n) is 3.73. The van der Waals surface area contributed by atoms with Crippen LogP contribution in [0, 0.1) is 11.3 Å². The molecule has 4 heteroatoms. The number of imidazole rings is 1. The number of nitriles is 1. The minimum atomic E-state index is 0.680. The highest BCUT2D eigenvalue weighted by molar-refractivity contribution is 5.33. The number of hydrogen-bond donors (Lipinski definition) is 0. The molecule has 3 rings (SSSR count). The van der Waals surface area contributed by atoms with Gasteiger partial charge in [-0.2, -0.15) is 5.26 Å². The zero-order valence-corrected chi connectivity index (χ0v) is 12.9. The molecule has 0 aliphatic carbocycles. The normalized spacial score (nSPS) is 10.3. The van der Waals surface area contributed by atoms with Crippen molar-refractivity contribution in [1.29, 1.82) is 5.26 Å². The fourth-order valence-corrected chi connectivity index (χ4v) is 2.51. The largest absolute Gasteiger partial charge is 0.497 e. The van der Waals surface area contributed by atoms with Crippen LogP contribution in [-0.4, -0.2) is 16.7 Å². The van der Waals surface area contributed by atoms with E-state index in [2.05, 4.69) is 15.6 Å². The van der Waals surface area contributed by atoms with E-state index >= 15 is 0 Å². The second-order valence-electron chi connectivity index (χ2n) is 5.31. The molecule has 0 saturated heterocycles. The van der Waals surface area contributed by atoms with Crippen molar-refractivity contribution in [3.63, 3.8) is 0 Å². The SMILES string of the molecule is COc1ccc(Cc2nccn2Cc2cccc(C#N)c2)cc1. The van der Waals surface area contributed by atoms with Crippen LogP contribution in [0.1, 0.15) is 22.5 Å². The van der Waals surface area contributed by atoms with Gasteiger partial charge in [-0.1, -0.05) is 24.3 Å². The summed E-state index contributed by atoms with van der Waals surface area (Å²) in [6.45, 7) is 0.709. The van der Waals surface area contributed by atoms with Crippen LogP contribution in [0.15, 0.2) is 60.9 Å². The molecule has 1 aromatic heterocycles. The third kappa shape index (κ3) is 3.58. The minimum Gasteiger partial charge on any atom is -0.497 e. The lowest BCUT2D eigenvalue weighted by Crippen LogP contribution is -2.05. The standard InChI is InChI=1S/C19H17N3O/c1-23-18-7-5-15(6-8-18)12-19-21-9-10-22(19)14-17-4-2-3-16(11-17)13-20/h2-11H,12,14H2,1H3. The van der Waals surface area contributed by atoms with Crippen LogP contribution in [0.25, 0.3) is 0 Å². The van der Waals surface area contributed by atoms with Crippen molar-refractivity contribution in [2.75, 3.05) is 7.11 Å². The van der Waals surface area contributed by atoms with Gasteiger partial charge >= 0.3 is 0 Å². The van der Waals surface area contributed by atoms with E-state index in [0.717, 1.165) is 23.6 Å². The average Bonchev–Trinajstić information content (AvgIpc) is 3.02. The van der Waals surface area contributed by atoms with Gasteiger partial charge in [-0.15, -0.1) is 0 Å². The van der Waals surface area contributed by atoms with E-state index in [1.165, 1.54) is 5.56 Å². The van der Waals surface area contributed by atoms with Crippen molar-refractivity contribution in [2.45, 2.75) is 13.0 Å². The Labute approximate surface area is 135 Å². The lowest BCUT2D eigenvalue weighted by Gasteiger charge is -2.09. The maximum Gasteiger partial charge on any atom is 0.118 e. The molecular formula is C19H17N3O. The zero-order chi connectivity index (χ0) is 16.1. The molecule has 1 heterocycles. The molecule has 0 spiro atoms. The summed E-state index contributed by atoms with van der Waals surface area (Å²) in [5.74, 6) is 1.85. The van der Waals surface area contributed by atoms with Gasteiger partial charge in [-0.05, 0) is 35.4 Å². The summed E-state index contributed by atoms with van der Waals surface area (Å²) in [6, 6.07) is 17.9. The van der Waals surface area contributed by atoms with Crippen LogP contribution in [0.3, 0.4) is 0 Å². The monoisotopic (exact) mass is 303 g/mol. The number of hydrogen-bond acceptors (Lipinski definition) is 3. The highest BCUT2D eigenvalue weighted by Crippen LogP contribution is 2.15. The van der Waals surface area contributed by atoms with E-state index in [-0.39, 0.29) is 0 Å². The van der Waals surface area contributed by atoms with Gasteiger partial charge in [0.05, 0.1) is 18.7 Å². The Morgan fingerprint density at radius 2 is 1.96 bits per heavy atom. The molecule has 0 unspecified atom stereocenters. The first-order valence-electron chi connectivity index (χ1n) is 7.40. The molecule has 0 atom stereocenters. The van der Waals surface area contributed by atoms with Crippen molar-refractivity contribution >= 4 is 0 Å². The van der Waals surface area contributed by atoms with Gasteiger partial charge < -0.3 is 9.30 Å². The Kier molecular flexibility index (Phi) is 4.39. The number of benzene rings is 2. The van der Waals surface area contributed by atoms with Crippen LogP contribution >= 0.6 is 0 Å². The maximum absolute atomic E-state index is 9.00. The molecule has 0 bridgehead atoms. The number of nitrogens with zero attached hydrogens (tertiary/aromatic N) is 3. The quantitative estimate of drug-likeness (QED) is 0.726. The van der Waals surface area contributed by atoms with Crippen LogP contribution in [0.5, 0.6) is 5.75 Å². The lowest BCUT2D eigenvalue weighted by atomic mass is 10.1. The smallest absolute Gasteiger partial charge is 0.118 e. The summed E-state index contributed by atoms with van der Waals surface area (Å²) in [7, 11) is 1.66. The second kappa shape index (κ2) is 6.80. The fourth-order valence-electron chi connectivity index (χ4n) is 2.51. The van der Waals surface area contributed by atoms with Crippen LogP contribution < -0.4 is 4.74 Å². The number of rotatable bonds is 5. The Morgan fingerprint density at radius 1 is 1.13 bits per heavy atom. The van der Waals surface area contributed by atoms with Gasteiger partial charge in [-0.3, -0.25) is 0 Å². The first-order valence-corrected chi connectivity index (χ1v) is 7.40. The minimum absolute atomic E-state index is 0.680. The fraction of sp³-hybridized carbons (Fsp3) is 0.158. The summed E-state index contributed by atoms with van der Waals surface area (Å²) in [4.78, 5) is 4.46. The van der Waals surface area contributed by atoms with Crippen LogP contribution in [0.4, 0.5) is 0 Å². The van der Waals surface area contributed by atoms with Gasteiger partial charge in [0.1, 0.15) is 11.6 Å². The molecule has 0 radical (unpaired) electrons. The Morgan fingerprint density at radius 3 is 2.70 bits per heavy atom. The summed E-state index contributed by atoms with van der Waals surface area (Å²) in [5.41, 5.74) is 2.96. The molecule has 23 heavy (non-hydrogen) atoms. The lowest BCUT2D eigenvalue weighted by molar-refractivity contribution is 0.414. The second-order valence-corrected chi connectivity index (χ2v) is 5.31. The van der Waals surface area contributed by atoms with E-state index in [1.807, 2.05) is 60.9 Å². The van der Waals surface area contributed by atoms with E-state index in [4.69, 9.17) is 10.00 Å². The molecule has 4 nitrogen and oxygen atoms in total. The number of methoxy groups -OCH3 is 1. The molecule has 3 aromatic rings. The summed E-state index contributed by atoms with van der Waals surface area (Å²) in [5, 5.41) is 9.00. The summed E-state index contributed by atoms with van der Waals surface area (Å²) >= 11 is 0. The Hall–Kier alpha value is -3.06. The highest BCUT2D eigenvalue weighted by atomic mass is 16.5. The summed E-state index contributed by atoms with van der Waals surface area (Å²) < 4.78 is 7.29. The van der Waals surface area contributed by atoms with Crippen molar-refractivity contribution in [3.05, 3.63) is 83.4 Å². The molecule has 0 saturated carbocycles. The first kappa shape index (κ1) is 14.9. The van der Waals surface area contributed by atoms with Gasteiger partial charge in [0.15, 0.2) is 0 Å². The van der Waals surface area contributed by atoms with Crippen LogP contribution in [0.2, 0.25) is 0 Å². The molecule has 114 valence electrons. The van der Waals surface area contributed by atoms with Gasteiger partial charge in [0, 0.05) is 25.4 Å². The van der Waals surface area contributed by atoms with Crippen molar-refractivity contribution < 1.29 is 4.74 Å². The molecule has 0 aliphatic heterocycles. The van der Waals surface area contributed by atoms with Gasteiger partial charge in [0.2, 0.25) is 0 Å². The number of ether oxygens (including phenoxy) is 1. The van der Waals surface area contributed by atoms with Gasteiger partial charge in [-0.25, -0.2) is 4.98 Å². The van der Waals surface area contributed by atoms with Crippen molar-refractivity contribution in [3.8, 4) is 11.8 Å². The predicted molar refractivity (Wildman–Crippen MR) is 88.3 cm³/mol. The third-order valence-corrected chi connectivity index (χ3v) is 3.73. The maximum atomic E-state index is 9.00. The molecular weight excluding hydrogens is 286 g/mol. The first-order chi connectivity index (χ1) is 11.3. The Balaban J connectivity index is 1.77. The van der Waals surface area contributed by atoms with Crippen molar-refractivity contribution in [1.82, 2.24) is 9.55 Å². The topological polar surface area (TPSA) is 50.8 Å². The zero-order valence-electron chi connectivity index (χ0n) is 12.9. The molecule has 0 amide bonds. The van der Waals surface area contributed by atoms with E-state index in [0.29, 0.717) is 12.1 Å². The Bertz CT molecular complexity index is 828. The van der Waals surface area contributed by atoms with Crippen molar-refractivity contribution in [2.24, 2.45) is 0 Å². The van der Waals surface area contributed by atoms with E-state index < -0.39 is 0 Å². The average molecular weight is 303 g/mol. The molecule has 0 aliphatic rings. The molecule has 0 N–H and O–H groups in total. The summed E-state index contributed by atoms with van der Waals surface area (Å²) in [6.07, 6.45) is 4.54. The van der Waals surface area contributed by atoms with E-state index in [9.17, 15) is 0 Å². The van der Waals surface area contributed by atoms with E-state index in [1.54, 1.807) is 7.11 Å².